The Bertz CT molecular complexity index is 904. The second-order valence-corrected chi connectivity index (χ2v) is 7.18. The van der Waals surface area contributed by atoms with Crippen molar-refractivity contribution in [2.45, 2.75) is 32.6 Å². The maximum absolute atomic E-state index is 14.7. The van der Waals surface area contributed by atoms with Crippen molar-refractivity contribution >= 4 is 0 Å². The van der Waals surface area contributed by atoms with E-state index in [1.165, 1.54) is 24.0 Å². The van der Waals surface area contributed by atoms with Crippen LogP contribution in [-0.2, 0) is 12.8 Å². The second kappa shape index (κ2) is 7.03. The van der Waals surface area contributed by atoms with Crippen LogP contribution in [0.2, 0.25) is 0 Å². The van der Waals surface area contributed by atoms with Crippen LogP contribution in [0.15, 0.2) is 60.7 Å². The van der Waals surface area contributed by atoms with Crippen LogP contribution in [0.4, 0.5) is 8.78 Å². The van der Waals surface area contributed by atoms with E-state index in [1.54, 1.807) is 12.1 Å². The summed E-state index contributed by atoms with van der Waals surface area (Å²) in [7, 11) is 0. The Kier molecular flexibility index (Phi) is 4.58. The van der Waals surface area contributed by atoms with Gasteiger partial charge < -0.3 is 0 Å². The van der Waals surface area contributed by atoms with E-state index in [9.17, 15) is 8.78 Å². The van der Waals surface area contributed by atoms with Gasteiger partial charge >= 0.3 is 0 Å². The standard InChI is InChI=1S/C24H22F2/c1-2-16-5-9-19(10-6-16)21-13-14-22(24(26)23(21)25)20-11-7-18(8-12-20)15-17-3-4-17/h5-14,17H,2-4,15H2,1H3. The first kappa shape index (κ1) is 17.0. The van der Waals surface area contributed by atoms with E-state index in [4.69, 9.17) is 0 Å². The second-order valence-electron chi connectivity index (χ2n) is 7.18. The van der Waals surface area contributed by atoms with Gasteiger partial charge in [0.2, 0.25) is 0 Å². The highest BCUT2D eigenvalue weighted by molar-refractivity contribution is 5.72. The SMILES string of the molecule is CCc1ccc(-c2ccc(-c3ccc(CC4CC4)cc3)c(F)c2F)cc1. The molecule has 1 fully saturated rings. The largest absolute Gasteiger partial charge is 0.203 e. The fourth-order valence-corrected chi connectivity index (χ4v) is 3.39. The quantitative estimate of drug-likeness (QED) is 0.475. The molecule has 0 aromatic heterocycles. The number of hydrogen-bond acceptors (Lipinski definition) is 0. The summed E-state index contributed by atoms with van der Waals surface area (Å²) in [4.78, 5) is 0. The highest BCUT2D eigenvalue weighted by Gasteiger charge is 2.21. The summed E-state index contributed by atoms with van der Waals surface area (Å²) in [6.45, 7) is 2.07. The molecule has 1 saturated carbocycles. The summed E-state index contributed by atoms with van der Waals surface area (Å²) in [5.41, 5.74) is 4.48. The molecule has 1 aliphatic carbocycles. The first-order valence-electron chi connectivity index (χ1n) is 9.32. The number of halogens is 2. The highest BCUT2D eigenvalue weighted by Crippen LogP contribution is 2.34. The fourth-order valence-electron chi connectivity index (χ4n) is 3.39. The number of benzene rings is 3. The predicted octanol–water partition coefficient (Wildman–Crippen LogP) is 6.81. The van der Waals surface area contributed by atoms with Gasteiger partial charge in [-0.05, 0) is 53.9 Å². The molecule has 3 aromatic rings. The van der Waals surface area contributed by atoms with Gasteiger partial charge in [-0.2, -0.15) is 0 Å². The molecule has 1 aliphatic rings. The number of hydrogen-bond donors (Lipinski definition) is 0. The maximum Gasteiger partial charge on any atom is 0.167 e. The molecule has 0 nitrogen and oxygen atoms in total. The van der Waals surface area contributed by atoms with Crippen molar-refractivity contribution in [1.29, 1.82) is 0 Å². The van der Waals surface area contributed by atoms with E-state index in [0.29, 0.717) is 22.3 Å². The lowest BCUT2D eigenvalue weighted by Crippen LogP contribution is -1.95. The van der Waals surface area contributed by atoms with Crippen LogP contribution in [-0.4, -0.2) is 0 Å². The zero-order valence-corrected chi connectivity index (χ0v) is 14.9. The van der Waals surface area contributed by atoms with E-state index < -0.39 is 11.6 Å². The minimum Gasteiger partial charge on any atom is -0.203 e. The topological polar surface area (TPSA) is 0 Å². The van der Waals surface area contributed by atoms with Gasteiger partial charge in [0.05, 0.1) is 0 Å². The Morgan fingerprint density at radius 2 is 1.15 bits per heavy atom. The third-order valence-corrected chi connectivity index (χ3v) is 5.24. The molecule has 0 N–H and O–H groups in total. The van der Waals surface area contributed by atoms with Crippen molar-refractivity contribution in [3.8, 4) is 22.3 Å². The lowest BCUT2D eigenvalue weighted by Gasteiger charge is -2.10. The highest BCUT2D eigenvalue weighted by atomic mass is 19.2. The Balaban J connectivity index is 1.64. The summed E-state index contributed by atoms with van der Waals surface area (Å²) in [5.74, 6) is -0.751. The molecule has 0 atom stereocenters. The molecule has 0 saturated heterocycles. The molecule has 4 rings (SSSR count). The van der Waals surface area contributed by atoms with Crippen molar-refractivity contribution in [2.24, 2.45) is 5.92 Å². The monoisotopic (exact) mass is 348 g/mol. The summed E-state index contributed by atoms with van der Waals surface area (Å²) in [6.07, 6.45) is 4.63. The van der Waals surface area contributed by atoms with Crippen LogP contribution in [0.3, 0.4) is 0 Å². The molecular weight excluding hydrogens is 326 g/mol. The fraction of sp³-hybridized carbons (Fsp3) is 0.250. The van der Waals surface area contributed by atoms with Gasteiger partial charge in [-0.1, -0.05) is 67.6 Å². The number of rotatable bonds is 5. The van der Waals surface area contributed by atoms with E-state index >= 15 is 0 Å². The van der Waals surface area contributed by atoms with Gasteiger partial charge in [-0.3, -0.25) is 0 Å². The zero-order valence-electron chi connectivity index (χ0n) is 14.9. The molecule has 2 heteroatoms. The first-order valence-corrected chi connectivity index (χ1v) is 9.32. The summed E-state index contributed by atoms with van der Waals surface area (Å²) >= 11 is 0. The minimum atomic E-state index is -0.784. The summed E-state index contributed by atoms with van der Waals surface area (Å²) in [5, 5.41) is 0. The van der Waals surface area contributed by atoms with Crippen LogP contribution in [0.1, 0.15) is 30.9 Å². The lowest BCUT2D eigenvalue weighted by molar-refractivity contribution is 0.514. The van der Waals surface area contributed by atoms with Gasteiger partial charge in [0.1, 0.15) is 0 Å². The van der Waals surface area contributed by atoms with Gasteiger partial charge in [0.15, 0.2) is 11.6 Å². The van der Waals surface area contributed by atoms with Gasteiger partial charge in [-0.15, -0.1) is 0 Å². The average Bonchev–Trinajstić information content (AvgIpc) is 3.49. The molecule has 132 valence electrons. The van der Waals surface area contributed by atoms with Crippen LogP contribution in [0.5, 0.6) is 0 Å². The molecule has 26 heavy (non-hydrogen) atoms. The Morgan fingerprint density at radius 3 is 1.58 bits per heavy atom. The van der Waals surface area contributed by atoms with Crippen LogP contribution >= 0.6 is 0 Å². The van der Waals surface area contributed by atoms with Crippen LogP contribution in [0.25, 0.3) is 22.3 Å². The van der Waals surface area contributed by atoms with E-state index in [2.05, 4.69) is 6.92 Å². The smallest absolute Gasteiger partial charge is 0.167 e. The molecule has 0 unspecified atom stereocenters. The Hall–Kier alpha value is -2.48. The lowest BCUT2D eigenvalue weighted by atomic mass is 9.97. The molecule has 0 heterocycles. The molecule has 0 aliphatic heterocycles. The zero-order chi connectivity index (χ0) is 18.1. The van der Waals surface area contributed by atoms with Gasteiger partial charge in [-0.25, -0.2) is 8.78 Å². The van der Waals surface area contributed by atoms with Gasteiger partial charge in [0, 0.05) is 11.1 Å². The first-order chi connectivity index (χ1) is 12.7. The minimum absolute atomic E-state index is 0.305. The van der Waals surface area contributed by atoms with Crippen LogP contribution in [0, 0.1) is 17.6 Å². The van der Waals surface area contributed by atoms with Gasteiger partial charge in [0.25, 0.3) is 0 Å². The molecule has 0 amide bonds. The molecule has 0 spiro atoms. The maximum atomic E-state index is 14.7. The third-order valence-electron chi connectivity index (χ3n) is 5.24. The molecule has 0 radical (unpaired) electrons. The summed E-state index contributed by atoms with van der Waals surface area (Å²) in [6, 6.07) is 18.8. The Morgan fingerprint density at radius 1 is 0.692 bits per heavy atom. The van der Waals surface area contributed by atoms with Crippen LogP contribution < -0.4 is 0 Å². The van der Waals surface area contributed by atoms with Crippen molar-refractivity contribution in [1.82, 2.24) is 0 Å². The normalized spacial score (nSPS) is 13.8. The Labute approximate surface area is 153 Å². The van der Waals surface area contributed by atoms with Crippen molar-refractivity contribution in [3.05, 3.63) is 83.4 Å². The van der Waals surface area contributed by atoms with E-state index in [0.717, 1.165) is 18.8 Å². The van der Waals surface area contributed by atoms with E-state index in [1.807, 2.05) is 48.5 Å². The van der Waals surface area contributed by atoms with E-state index in [-0.39, 0.29) is 0 Å². The van der Waals surface area contributed by atoms with Crippen molar-refractivity contribution in [3.63, 3.8) is 0 Å². The number of aryl methyl sites for hydroxylation is 1. The molecular formula is C24H22F2. The average molecular weight is 348 g/mol. The molecule has 3 aromatic carbocycles. The molecule has 0 bridgehead atoms. The predicted molar refractivity (Wildman–Crippen MR) is 103 cm³/mol. The van der Waals surface area contributed by atoms with Crippen molar-refractivity contribution in [2.75, 3.05) is 0 Å². The van der Waals surface area contributed by atoms with Crippen molar-refractivity contribution < 1.29 is 8.78 Å². The summed E-state index contributed by atoms with van der Waals surface area (Å²) < 4.78 is 29.4. The third kappa shape index (κ3) is 3.41.